The highest BCUT2D eigenvalue weighted by Gasteiger charge is 2.27. The monoisotopic (exact) mass is 218 g/mol. The smallest absolute Gasteiger partial charge is 0.0792 e. The fraction of sp³-hybridized carbons (Fsp3) is 0.600. The van der Waals surface area contributed by atoms with E-state index in [1.54, 1.807) is 0 Å². The molecule has 2 rings (SSSR count). The average molecular weight is 218 g/mol. The van der Waals surface area contributed by atoms with Gasteiger partial charge in [-0.2, -0.15) is 0 Å². The lowest BCUT2D eigenvalue weighted by molar-refractivity contribution is 0.162. The quantitative estimate of drug-likeness (QED) is 0.710. The minimum absolute atomic E-state index is 0.247. The molecule has 1 aliphatic rings. The summed E-state index contributed by atoms with van der Waals surface area (Å²) < 4.78 is 0. The predicted molar refractivity (Wildman–Crippen MR) is 67.5 cm³/mol. The van der Waals surface area contributed by atoms with Crippen molar-refractivity contribution in [2.45, 2.75) is 57.5 Å². The largest absolute Gasteiger partial charge is 0.388 e. The summed E-state index contributed by atoms with van der Waals surface area (Å²) in [6.07, 6.45) is 6.86. The van der Waals surface area contributed by atoms with Crippen LogP contribution in [0.2, 0.25) is 0 Å². The second kappa shape index (κ2) is 5.49. The highest BCUT2D eigenvalue weighted by molar-refractivity contribution is 5.34. The molecule has 1 heteroatoms. The zero-order valence-electron chi connectivity index (χ0n) is 10.2. The minimum Gasteiger partial charge on any atom is -0.388 e. The van der Waals surface area contributed by atoms with Crippen LogP contribution in [0.1, 0.15) is 68.6 Å². The number of aliphatic hydroxyl groups is 1. The van der Waals surface area contributed by atoms with E-state index in [-0.39, 0.29) is 6.10 Å². The fourth-order valence-corrected chi connectivity index (χ4v) is 2.32. The molecule has 1 nitrogen and oxygen atoms in total. The van der Waals surface area contributed by atoms with Gasteiger partial charge >= 0.3 is 0 Å². The maximum Gasteiger partial charge on any atom is 0.0792 e. The van der Waals surface area contributed by atoms with Crippen molar-refractivity contribution in [1.29, 1.82) is 0 Å². The maximum atomic E-state index is 10.2. The molecule has 1 N–H and O–H groups in total. The van der Waals surface area contributed by atoms with Crippen molar-refractivity contribution in [3.8, 4) is 0 Å². The summed E-state index contributed by atoms with van der Waals surface area (Å²) in [6.45, 7) is 2.20. The van der Waals surface area contributed by atoms with Crippen LogP contribution in [-0.4, -0.2) is 5.11 Å². The van der Waals surface area contributed by atoms with E-state index >= 15 is 0 Å². The van der Waals surface area contributed by atoms with Crippen LogP contribution >= 0.6 is 0 Å². The van der Waals surface area contributed by atoms with Crippen LogP contribution in [0.3, 0.4) is 0 Å². The number of hydrogen-bond donors (Lipinski definition) is 1. The van der Waals surface area contributed by atoms with Crippen LogP contribution in [0.25, 0.3) is 0 Å². The molecule has 0 bridgehead atoms. The van der Waals surface area contributed by atoms with Gasteiger partial charge in [-0.3, -0.25) is 0 Å². The normalized spacial score (nSPS) is 17.4. The molecule has 1 saturated carbocycles. The van der Waals surface area contributed by atoms with Crippen molar-refractivity contribution < 1.29 is 5.11 Å². The maximum absolute atomic E-state index is 10.2. The van der Waals surface area contributed by atoms with Gasteiger partial charge in [-0.15, -0.1) is 0 Å². The SMILES string of the molecule is CCCCCC(O)c1ccccc1C1CC1. The topological polar surface area (TPSA) is 20.2 Å². The first-order chi connectivity index (χ1) is 7.83. The van der Waals surface area contributed by atoms with Crippen molar-refractivity contribution >= 4 is 0 Å². The van der Waals surface area contributed by atoms with Gasteiger partial charge in [0.2, 0.25) is 0 Å². The Hall–Kier alpha value is -0.820. The summed E-state index contributed by atoms with van der Waals surface area (Å²) in [5.41, 5.74) is 2.58. The van der Waals surface area contributed by atoms with Gasteiger partial charge in [-0.05, 0) is 36.3 Å². The lowest BCUT2D eigenvalue weighted by Crippen LogP contribution is -2.01. The van der Waals surface area contributed by atoms with E-state index in [1.165, 1.54) is 36.8 Å². The summed E-state index contributed by atoms with van der Waals surface area (Å²) in [4.78, 5) is 0. The first-order valence-corrected chi connectivity index (χ1v) is 6.59. The van der Waals surface area contributed by atoms with Gasteiger partial charge in [0.05, 0.1) is 6.10 Å². The molecule has 1 unspecified atom stereocenters. The molecule has 88 valence electrons. The van der Waals surface area contributed by atoms with Crippen LogP contribution in [0, 0.1) is 0 Å². The molecule has 1 atom stereocenters. The summed E-state index contributed by atoms with van der Waals surface area (Å²) in [5, 5.41) is 10.2. The molecule has 16 heavy (non-hydrogen) atoms. The average Bonchev–Trinajstić information content (AvgIpc) is 3.13. The summed E-state index contributed by atoms with van der Waals surface area (Å²) in [6, 6.07) is 8.43. The fourth-order valence-electron chi connectivity index (χ4n) is 2.32. The van der Waals surface area contributed by atoms with E-state index < -0.39 is 0 Å². The number of rotatable bonds is 6. The van der Waals surface area contributed by atoms with Gasteiger partial charge < -0.3 is 5.11 Å². The van der Waals surface area contributed by atoms with E-state index in [4.69, 9.17) is 0 Å². The van der Waals surface area contributed by atoms with E-state index in [0.717, 1.165) is 18.8 Å². The van der Waals surface area contributed by atoms with E-state index in [2.05, 4.69) is 25.1 Å². The molecule has 0 spiro atoms. The van der Waals surface area contributed by atoms with Crippen molar-refractivity contribution in [2.75, 3.05) is 0 Å². The predicted octanol–water partition coefficient (Wildman–Crippen LogP) is 4.18. The van der Waals surface area contributed by atoms with Gasteiger partial charge in [0, 0.05) is 0 Å². The van der Waals surface area contributed by atoms with Crippen molar-refractivity contribution in [1.82, 2.24) is 0 Å². The Morgan fingerprint density at radius 1 is 1.25 bits per heavy atom. The standard InChI is InChI=1S/C15H22O/c1-2-3-4-9-15(16)14-8-6-5-7-13(14)12-10-11-12/h5-8,12,15-16H,2-4,9-11H2,1H3. The number of aliphatic hydroxyl groups excluding tert-OH is 1. The van der Waals surface area contributed by atoms with E-state index in [9.17, 15) is 5.11 Å². The molecule has 0 aromatic heterocycles. The summed E-state index contributed by atoms with van der Waals surface area (Å²) in [7, 11) is 0. The van der Waals surface area contributed by atoms with Gasteiger partial charge in [-0.25, -0.2) is 0 Å². The Morgan fingerprint density at radius 2 is 2.00 bits per heavy atom. The Kier molecular flexibility index (Phi) is 4.00. The second-order valence-corrected chi connectivity index (χ2v) is 4.91. The van der Waals surface area contributed by atoms with E-state index in [0.29, 0.717) is 0 Å². The van der Waals surface area contributed by atoms with Crippen LogP contribution < -0.4 is 0 Å². The van der Waals surface area contributed by atoms with Gasteiger partial charge in [0.1, 0.15) is 0 Å². The third-order valence-electron chi connectivity index (χ3n) is 3.45. The zero-order valence-corrected chi connectivity index (χ0v) is 10.2. The first kappa shape index (κ1) is 11.7. The van der Waals surface area contributed by atoms with Gasteiger partial charge in [0.15, 0.2) is 0 Å². The molecule has 1 aliphatic carbocycles. The summed E-state index contributed by atoms with van der Waals surface area (Å²) >= 11 is 0. The van der Waals surface area contributed by atoms with Crippen molar-refractivity contribution in [2.24, 2.45) is 0 Å². The molecule has 1 fully saturated rings. The molecular formula is C15H22O. The highest BCUT2D eigenvalue weighted by Crippen LogP contribution is 2.43. The zero-order chi connectivity index (χ0) is 11.4. The Morgan fingerprint density at radius 3 is 2.69 bits per heavy atom. The highest BCUT2D eigenvalue weighted by atomic mass is 16.3. The number of unbranched alkanes of at least 4 members (excludes halogenated alkanes) is 2. The molecule has 0 aliphatic heterocycles. The summed E-state index contributed by atoms with van der Waals surface area (Å²) in [5.74, 6) is 0.733. The second-order valence-electron chi connectivity index (χ2n) is 4.91. The van der Waals surface area contributed by atoms with Crippen molar-refractivity contribution in [3.05, 3.63) is 35.4 Å². The van der Waals surface area contributed by atoms with E-state index in [1.807, 2.05) is 6.07 Å². The van der Waals surface area contributed by atoms with Crippen molar-refractivity contribution in [3.63, 3.8) is 0 Å². The third kappa shape index (κ3) is 2.85. The van der Waals surface area contributed by atoms with Crippen LogP contribution in [0.15, 0.2) is 24.3 Å². The van der Waals surface area contributed by atoms with Gasteiger partial charge in [-0.1, -0.05) is 50.5 Å². The Labute approximate surface area is 98.5 Å². The third-order valence-corrected chi connectivity index (χ3v) is 3.45. The van der Waals surface area contributed by atoms with Crippen LogP contribution in [0.5, 0.6) is 0 Å². The molecular weight excluding hydrogens is 196 g/mol. The number of benzene rings is 1. The first-order valence-electron chi connectivity index (χ1n) is 6.59. The number of hydrogen-bond acceptors (Lipinski definition) is 1. The van der Waals surface area contributed by atoms with Crippen LogP contribution in [-0.2, 0) is 0 Å². The lowest BCUT2D eigenvalue weighted by atomic mass is 9.96. The lowest BCUT2D eigenvalue weighted by Gasteiger charge is -2.15. The molecule has 0 radical (unpaired) electrons. The molecule has 1 aromatic carbocycles. The molecule has 0 saturated heterocycles. The molecule has 0 heterocycles. The van der Waals surface area contributed by atoms with Gasteiger partial charge in [0.25, 0.3) is 0 Å². The molecule has 1 aromatic rings. The Balaban J connectivity index is 2.00. The van der Waals surface area contributed by atoms with Crippen LogP contribution in [0.4, 0.5) is 0 Å². The Bertz CT molecular complexity index is 328. The molecule has 0 amide bonds. The minimum atomic E-state index is -0.247.